The largest absolute Gasteiger partial charge is 0.491 e. The maximum atomic E-state index is 12.5. The van der Waals surface area contributed by atoms with E-state index >= 15 is 0 Å². The van der Waals surface area contributed by atoms with Gasteiger partial charge < -0.3 is 23.9 Å². The minimum absolute atomic E-state index is 0.112. The zero-order valence-corrected chi connectivity index (χ0v) is 20.9. The Morgan fingerprint density at radius 1 is 1.06 bits per heavy atom. The van der Waals surface area contributed by atoms with Crippen LogP contribution in [0.5, 0.6) is 5.75 Å². The van der Waals surface area contributed by atoms with Crippen LogP contribution in [0, 0.1) is 5.41 Å². The van der Waals surface area contributed by atoms with E-state index in [4.69, 9.17) is 14.0 Å². The Kier molecular flexibility index (Phi) is 7.74. The molecule has 36 heavy (non-hydrogen) atoms. The van der Waals surface area contributed by atoms with Crippen LogP contribution in [0.3, 0.4) is 0 Å². The molecule has 0 aliphatic carbocycles. The second kappa shape index (κ2) is 11.1. The van der Waals surface area contributed by atoms with Crippen molar-refractivity contribution in [2.75, 3.05) is 32.2 Å². The Hall–Kier alpha value is -4.05. The van der Waals surface area contributed by atoms with Crippen LogP contribution in [0.15, 0.2) is 64.3 Å². The van der Waals surface area contributed by atoms with Crippen LogP contribution < -0.4 is 15.6 Å². The van der Waals surface area contributed by atoms with Gasteiger partial charge in [-0.25, -0.2) is 9.97 Å². The first kappa shape index (κ1) is 25.1. The molecule has 0 aliphatic rings. The zero-order chi connectivity index (χ0) is 25.5. The summed E-state index contributed by atoms with van der Waals surface area (Å²) in [5, 5.41) is 7.29. The third-order valence-corrected chi connectivity index (χ3v) is 5.15. The fraction of sp³-hybridized carbons (Fsp3) is 0.346. The predicted molar refractivity (Wildman–Crippen MR) is 136 cm³/mol. The summed E-state index contributed by atoms with van der Waals surface area (Å²) in [6, 6.07) is 10.8. The SMILES string of the molecule is COCCOc1cccc(Cn2cc(-c3noc(-c4cnc(NCC(C)(C)C)nc4)n3)ccc2=O)c1. The summed E-state index contributed by atoms with van der Waals surface area (Å²) in [7, 11) is 1.63. The molecule has 1 N–H and O–H groups in total. The van der Waals surface area contributed by atoms with Crippen molar-refractivity contribution >= 4 is 5.95 Å². The average Bonchev–Trinajstić information content (AvgIpc) is 3.35. The summed E-state index contributed by atoms with van der Waals surface area (Å²) in [6.45, 7) is 8.47. The molecular formula is C26H30N6O4. The van der Waals surface area contributed by atoms with Crippen molar-refractivity contribution in [3.05, 3.63) is 70.9 Å². The summed E-state index contributed by atoms with van der Waals surface area (Å²) < 4.78 is 17.7. The third-order valence-electron chi connectivity index (χ3n) is 5.15. The topological polar surface area (TPSA) is 117 Å². The van der Waals surface area contributed by atoms with Gasteiger partial charge >= 0.3 is 0 Å². The van der Waals surface area contributed by atoms with Crippen molar-refractivity contribution in [1.82, 2.24) is 24.7 Å². The van der Waals surface area contributed by atoms with Crippen molar-refractivity contribution in [2.45, 2.75) is 27.3 Å². The fourth-order valence-corrected chi connectivity index (χ4v) is 3.29. The van der Waals surface area contributed by atoms with E-state index in [-0.39, 0.29) is 11.0 Å². The lowest BCUT2D eigenvalue weighted by Crippen LogP contribution is -2.20. The van der Waals surface area contributed by atoms with Crippen LogP contribution >= 0.6 is 0 Å². The van der Waals surface area contributed by atoms with Crippen LogP contribution in [-0.4, -0.2) is 51.5 Å². The molecule has 4 rings (SSSR count). The molecule has 0 bridgehead atoms. The van der Waals surface area contributed by atoms with Crippen LogP contribution in [0.2, 0.25) is 0 Å². The van der Waals surface area contributed by atoms with Gasteiger partial charge in [0.1, 0.15) is 12.4 Å². The molecular weight excluding hydrogens is 460 g/mol. The zero-order valence-electron chi connectivity index (χ0n) is 20.9. The molecule has 0 spiro atoms. The van der Waals surface area contributed by atoms with Crippen molar-refractivity contribution in [1.29, 1.82) is 0 Å². The number of pyridine rings is 1. The Bertz CT molecular complexity index is 1340. The second-order valence-electron chi connectivity index (χ2n) is 9.51. The van der Waals surface area contributed by atoms with E-state index in [2.05, 4.69) is 46.2 Å². The van der Waals surface area contributed by atoms with Gasteiger partial charge in [-0.15, -0.1) is 0 Å². The van der Waals surface area contributed by atoms with E-state index in [9.17, 15) is 4.79 Å². The smallest absolute Gasteiger partial charge is 0.261 e. The summed E-state index contributed by atoms with van der Waals surface area (Å²) in [6.07, 6.45) is 4.99. The maximum Gasteiger partial charge on any atom is 0.261 e. The van der Waals surface area contributed by atoms with Crippen molar-refractivity contribution in [3.63, 3.8) is 0 Å². The third kappa shape index (κ3) is 6.76. The van der Waals surface area contributed by atoms with Gasteiger partial charge in [0.2, 0.25) is 11.8 Å². The van der Waals surface area contributed by atoms with Gasteiger partial charge in [-0.05, 0) is 29.2 Å². The van der Waals surface area contributed by atoms with Gasteiger partial charge in [-0.1, -0.05) is 38.1 Å². The molecule has 0 saturated carbocycles. The Morgan fingerprint density at radius 2 is 1.86 bits per heavy atom. The molecule has 3 heterocycles. The van der Waals surface area contributed by atoms with E-state index in [0.29, 0.717) is 48.5 Å². The van der Waals surface area contributed by atoms with Gasteiger partial charge in [-0.2, -0.15) is 4.98 Å². The summed E-state index contributed by atoms with van der Waals surface area (Å²) >= 11 is 0. The highest BCUT2D eigenvalue weighted by molar-refractivity contribution is 5.58. The molecule has 0 atom stereocenters. The minimum atomic E-state index is -0.139. The van der Waals surface area contributed by atoms with Crippen LogP contribution in [-0.2, 0) is 11.3 Å². The number of anilines is 1. The van der Waals surface area contributed by atoms with Crippen molar-refractivity contribution < 1.29 is 14.0 Å². The van der Waals surface area contributed by atoms with E-state index in [1.165, 1.54) is 6.07 Å². The molecule has 0 aliphatic heterocycles. The standard InChI is InChI=1S/C26H30N6O4/c1-26(2,3)17-29-25-27-13-20(14-28-25)24-30-23(31-36-24)19-8-9-22(33)32(16-19)15-18-6-5-7-21(12-18)35-11-10-34-4/h5-9,12-14,16H,10-11,15,17H2,1-4H3,(H,27,28,29). The first-order chi connectivity index (χ1) is 17.3. The molecule has 0 unspecified atom stereocenters. The number of ether oxygens (including phenoxy) is 2. The van der Waals surface area contributed by atoms with Gasteiger partial charge in [0.15, 0.2) is 0 Å². The molecule has 188 valence electrons. The van der Waals surface area contributed by atoms with E-state index in [0.717, 1.165) is 17.9 Å². The molecule has 0 radical (unpaired) electrons. The molecule has 10 heteroatoms. The van der Waals surface area contributed by atoms with E-state index in [1.807, 2.05) is 24.3 Å². The lowest BCUT2D eigenvalue weighted by atomic mass is 9.97. The van der Waals surface area contributed by atoms with E-state index in [1.54, 1.807) is 36.3 Å². The number of benzene rings is 1. The van der Waals surface area contributed by atoms with Crippen molar-refractivity contribution in [3.8, 4) is 28.6 Å². The molecule has 4 aromatic rings. The number of nitrogens with zero attached hydrogens (tertiary/aromatic N) is 5. The molecule has 0 saturated heterocycles. The fourth-order valence-electron chi connectivity index (χ4n) is 3.29. The Balaban J connectivity index is 1.48. The number of nitrogens with one attached hydrogen (secondary N) is 1. The number of rotatable bonds is 10. The van der Waals surface area contributed by atoms with Crippen LogP contribution in [0.25, 0.3) is 22.8 Å². The lowest BCUT2D eigenvalue weighted by molar-refractivity contribution is 0.146. The predicted octanol–water partition coefficient (Wildman–Crippen LogP) is 3.89. The molecule has 3 aromatic heterocycles. The highest BCUT2D eigenvalue weighted by atomic mass is 16.5. The molecule has 0 amide bonds. The highest BCUT2D eigenvalue weighted by Crippen LogP contribution is 2.22. The second-order valence-corrected chi connectivity index (χ2v) is 9.51. The number of hydrogen-bond acceptors (Lipinski definition) is 9. The number of methoxy groups -OCH3 is 1. The lowest BCUT2D eigenvalue weighted by Gasteiger charge is -2.18. The molecule has 0 fully saturated rings. The maximum absolute atomic E-state index is 12.5. The monoisotopic (exact) mass is 490 g/mol. The molecule has 1 aromatic carbocycles. The van der Waals surface area contributed by atoms with Crippen LogP contribution in [0.4, 0.5) is 5.95 Å². The first-order valence-electron chi connectivity index (χ1n) is 11.6. The minimum Gasteiger partial charge on any atom is -0.491 e. The quantitative estimate of drug-likeness (QED) is 0.330. The van der Waals surface area contributed by atoms with Gasteiger partial charge in [0.25, 0.3) is 11.4 Å². The van der Waals surface area contributed by atoms with Crippen LogP contribution in [0.1, 0.15) is 26.3 Å². The van der Waals surface area contributed by atoms with E-state index < -0.39 is 0 Å². The van der Waals surface area contributed by atoms with Gasteiger partial charge in [-0.3, -0.25) is 4.79 Å². The normalized spacial score (nSPS) is 11.4. The number of aromatic nitrogens is 5. The number of hydrogen-bond donors (Lipinski definition) is 1. The average molecular weight is 491 g/mol. The van der Waals surface area contributed by atoms with Gasteiger partial charge in [0, 0.05) is 43.9 Å². The summed E-state index contributed by atoms with van der Waals surface area (Å²) in [5.41, 5.74) is 2.16. The van der Waals surface area contributed by atoms with Gasteiger partial charge in [0.05, 0.1) is 18.7 Å². The Labute approximate surface area is 209 Å². The van der Waals surface area contributed by atoms with Crippen molar-refractivity contribution in [2.24, 2.45) is 5.41 Å². The molecule has 10 nitrogen and oxygen atoms in total. The first-order valence-corrected chi connectivity index (χ1v) is 11.6. The summed E-state index contributed by atoms with van der Waals surface area (Å²) in [5.74, 6) is 1.92. The Morgan fingerprint density at radius 3 is 2.61 bits per heavy atom. The summed E-state index contributed by atoms with van der Waals surface area (Å²) in [4.78, 5) is 25.6. The highest BCUT2D eigenvalue weighted by Gasteiger charge is 2.14.